The number of rotatable bonds is 7. The molecular formula is C31H35F2N5O2. The van der Waals surface area contributed by atoms with Crippen molar-refractivity contribution in [2.45, 2.75) is 44.7 Å². The summed E-state index contributed by atoms with van der Waals surface area (Å²) in [6, 6.07) is 18.4. The molecule has 3 N–H and O–H groups in total. The zero-order valence-corrected chi connectivity index (χ0v) is 22.5. The SMILES string of the molecule is O=C(Nc1ccc(F)c(F)c1)Nc1ccc(N2CCN(Cc3ccccc3)CC2)c(C(=O)NC2CCCCC2)c1. The lowest BCUT2D eigenvalue weighted by molar-refractivity contribution is 0.0928. The van der Waals surface area contributed by atoms with E-state index in [0.29, 0.717) is 11.3 Å². The number of carbonyl (C=O) groups excluding carboxylic acids is 2. The van der Waals surface area contributed by atoms with E-state index >= 15 is 0 Å². The Kier molecular flexibility index (Phi) is 8.91. The second-order valence-electron chi connectivity index (χ2n) is 10.5. The predicted molar refractivity (Wildman–Crippen MR) is 154 cm³/mol. The first-order chi connectivity index (χ1) is 19.4. The Morgan fingerprint density at radius 3 is 2.15 bits per heavy atom. The molecule has 1 saturated carbocycles. The first-order valence-corrected chi connectivity index (χ1v) is 13.9. The number of hydrogen-bond acceptors (Lipinski definition) is 4. The Morgan fingerprint density at radius 2 is 1.45 bits per heavy atom. The first-order valence-electron chi connectivity index (χ1n) is 13.9. The van der Waals surface area contributed by atoms with Crippen molar-refractivity contribution in [1.29, 1.82) is 0 Å². The van der Waals surface area contributed by atoms with Gasteiger partial charge in [-0.3, -0.25) is 9.69 Å². The van der Waals surface area contributed by atoms with Crippen molar-refractivity contribution >= 4 is 29.0 Å². The summed E-state index contributed by atoms with van der Waals surface area (Å²) in [5.41, 5.74) is 3.17. The maximum Gasteiger partial charge on any atom is 0.323 e. The molecule has 0 unspecified atom stereocenters. The highest BCUT2D eigenvalue weighted by Gasteiger charge is 2.24. The highest BCUT2D eigenvalue weighted by molar-refractivity contribution is 6.04. The predicted octanol–water partition coefficient (Wildman–Crippen LogP) is 5.99. The van der Waals surface area contributed by atoms with Crippen LogP contribution in [0.1, 0.15) is 48.0 Å². The Balaban J connectivity index is 1.29. The number of hydrogen-bond donors (Lipinski definition) is 3. The minimum absolute atomic E-state index is 0.122. The van der Waals surface area contributed by atoms with Crippen LogP contribution in [0.15, 0.2) is 66.7 Å². The fraction of sp³-hybridized carbons (Fsp3) is 0.355. The van der Waals surface area contributed by atoms with Crippen molar-refractivity contribution in [2.75, 3.05) is 41.7 Å². The summed E-state index contributed by atoms with van der Waals surface area (Å²) in [5, 5.41) is 8.42. The molecule has 3 aromatic rings. The average molecular weight is 548 g/mol. The number of benzene rings is 3. The van der Waals surface area contributed by atoms with E-state index in [1.165, 1.54) is 18.1 Å². The largest absolute Gasteiger partial charge is 0.368 e. The minimum atomic E-state index is -1.05. The monoisotopic (exact) mass is 547 g/mol. The number of anilines is 3. The van der Waals surface area contributed by atoms with Gasteiger partial charge in [-0.05, 0) is 48.7 Å². The van der Waals surface area contributed by atoms with Gasteiger partial charge in [0.1, 0.15) is 0 Å². The quantitative estimate of drug-likeness (QED) is 0.340. The molecule has 0 spiro atoms. The minimum Gasteiger partial charge on any atom is -0.368 e. The second kappa shape index (κ2) is 12.9. The summed E-state index contributed by atoms with van der Waals surface area (Å²) in [7, 11) is 0. The van der Waals surface area contributed by atoms with E-state index in [4.69, 9.17) is 0 Å². The summed E-state index contributed by atoms with van der Waals surface area (Å²) >= 11 is 0. The van der Waals surface area contributed by atoms with Crippen molar-refractivity contribution < 1.29 is 18.4 Å². The molecule has 7 nitrogen and oxygen atoms in total. The molecule has 0 atom stereocenters. The molecule has 1 aliphatic heterocycles. The maximum absolute atomic E-state index is 13.5. The normalized spacial score (nSPS) is 16.4. The van der Waals surface area contributed by atoms with Crippen LogP contribution < -0.4 is 20.9 Å². The van der Waals surface area contributed by atoms with E-state index < -0.39 is 17.7 Å². The molecular weight excluding hydrogens is 512 g/mol. The van der Waals surface area contributed by atoms with Crippen molar-refractivity contribution in [3.05, 3.63) is 89.5 Å². The fourth-order valence-corrected chi connectivity index (χ4v) is 5.44. The summed E-state index contributed by atoms with van der Waals surface area (Å²) in [4.78, 5) is 30.8. The van der Waals surface area contributed by atoms with Gasteiger partial charge in [0, 0.05) is 61.9 Å². The van der Waals surface area contributed by atoms with Crippen molar-refractivity contribution in [3.63, 3.8) is 0 Å². The molecule has 1 aliphatic carbocycles. The van der Waals surface area contributed by atoms with E-state index in [1.807, 2.05) is 12.1 Å². The fourth-order valence-electron chi connectivity index (χ4n) is 5.44. The van der Waals surface area contributed by atoms with Crippen LogP contribution in [0.2, 0.25) is 0 Å². The van der Waals surface area contributed by atoms with Gasteiger partial charge < -0.3 is 20.9 Å². The smallest absolute Gasteiger partial charge is 0.323 e. The maximum atomic E-state index is 13.5. The third-order valence-corrected chi connectivity index (χ3v) is 7.58. The van der Waals surface area contributed by atoms with Gasteiger partial charge in [0.05, 0.1) is 5.56 Å². The van der Waals surface area contributed by atoms with Crippen LogP contribution in [0.25, 0.3) is 0 Å². The van der Waals surface area contributed by atoms with Gasteiger partial charge in [-0.15, -0.1) is 0 Å². The standard InChI is InChI=1S/C31H35F2N5O2/c32-27-13-11-25(20-28(27)33)36-31(40)35-24-12-14-29(26(19-24)30(39)34-23-9-5-2-6-10-23)38-17-15-37(16-18-38)21-22-7-3-1-4-8-22/h1,3-4,7-8,11-14,19-20,23H,2,5-6,9-10,15-18,21H2,(H,34,39)(H2,35,36,40). The van der Waals surface area contributed by atoms with Crippen molar-refractivity contribution in [2.24, 2.45) is 0 Å². The molecule has 0 bridgehead atoms. The van der Waals surface area contributed by atoms with Gasteiger partial charge in [0.2, 0.25) is 0 Å². The molecule has 3 aromatic carbocycles. The van der Waals surface area contributed by atoms with E-state index in [0.717, 1.165) is 76.2 Å². The van der Waals surface area contributed by atoms with Crippen molar-refractivity contribution in [1.82, 2.24) is 10.2 Å². The average Bonchev–Trinajstić information content (AvgIpc) is 2.96. The number of halogens is 2. The number of urea groups is 1. The molecule has 0 aromatic heterocycles. The number of nitrogens with zero attached hydrogens (tertiary/aromatic N) is 2. The third-order valence-electron chi connectivity index (χ3n) is 7.58. The highest BCUT2D eigenvalue weighted by Crippen LogP contribution is 2.27. The summed E-state index contributed by atoms with van der Waals surface area (Å²) in [6.07, 6.45) is 5.33. The van der Waals surface area contributed by atoms with Crippen LogP contribution >= 0.6 is 0 Å². The topological polar surface area (TPSA) is 76.7 Å². The van der Waals surface area contributed by atoms with Crippen LogP contribution in [0.3, 0.4) is 0 Å². The Hall–Kier alpha value is -3.98. The Morgan fingerprint density at radius 1 is 0.775 bits per heavy atom. The van der Waals surface area contributed by atoms with Gasteiger partial charge >= 0.3 is 6.03 Å². The van der Waals surface area contributed by atoms with E-state index in [-0.39, 0.29) is 17.6 Å². The van der Waals surface area contributed by atoms with Crippen LogP contribution in [0.5, 0.6) is 0 Å². The molecule has 9 heteroatoms. The Labute approximate surface area is 233 Å². The number of carbonyl (C=O) groups is 2. The molecule has 1 saturated heterocycles. The molecule has 0 radical (unpaired) electrons. The number of piperazine rings is 1. The van der Waals surface area contributed by atoms with Gasteiger partial charge in [0.15, 0.2) is 11.6 Å². The lowest BCUT2D eigenvalue weighted by Crippen LogP contribution is -2.46. The molecule has 3 amide bonds. The zero-order valence-electron chi connectivity index (χ0n) is 22.5. The highest BCUT2D eigenvalue weighted by atomic mass is 19.2. The van der Waals surface area contributed by atoms with Gasteiger partial charge in [-0.2, -0.15) is 0 Å². The number of amides is 3. The van der Waals surface area contributed by atoms with Crippen LogP contribution in [0.4, 0.5) is 30.6 Å². The van der Waals surface area contributed by atoms with Gasteiger partial charge in [-0.1, -0.05) is 49.6 Å². The molecule has 210 valence electrons. The van der Waals surface area contributed by atoms with E-state index in [2.05, 4.69) is 50.0 Å². The van der Waals surface area contributed by atoms with Gasteiger partial charge in [0.25, 0.3) is 5.91 Å². The summed E-state index contributed by atoms with van der Waals surface area (Å²) < 4.78 is 26.8. The molecule has 1 heterocycles. The lowest BCUT2D eigenvalue weighted by Gasteiger charge is -2.37. The second-order valence-corrected chi connectivity index (χ2v) is 10.5. The molecule has 2 aliphatic rings. The Bertz CT molecular complexity index is 1320. The van der Waals surface area contributed by atoms with Gasteiger partial charge in [-0.25, -0.2) is 13.6 Å². The number of nitrogens with one attached hydrogen (secondary N) is 3. The van der Waals surface area contributed by atoms with Crippen LogP contribution in [-0.2, 0) is 6.54 Å². The van der Waals surface area contributed by atoms with E-state index in [1.54, 1.807) is 12.1 Å². The van der Waals surface area contributed by atoms with E-state index in [9.17, 15) is 18.4 Å². The summed E-state index contributed by atoms with van der Waals surface area (Å²) in [6.45, 7) is 4.18. The molecule has 40 heavy (non-hydrogen) atoms. The molecule has 2 fully saturated rings. The summed E-state index contributed by atoms with van der Waals surface area (Å²) in [5.74, 6) is -2.19. The van der Waals surface area contributed by atoms with Crippen LogP contribution in [0, 0.1) is 11.6 Å². The van der Waals surface area contributed by atoms with Crippen LogP contribution in [-0.4, -0.2) is 49.1 Å². The third kappa shape index (κ3) is 7.15. The lowest BCUT2D eigenvalue weighted by atomic mass is 9.95. The first kappa shape index (κ1) is 27.6. The zero-order chi connectivity index (χ0) is 27.9. The molecule has 5 rings (SSSR count). The van der Waals surface area contributed by atoms with Crippen molar-refractivity contribution in [3.8, 4) is 0 Å².